The molecule has 1 rings (SSSR count). The van der Waals surface area contributed by atoms with Crippen LogP contribution in [0.1, 0.15) is 0 Å². The fourth-order valence-electron chi connectivity index (χ4n) is 0.838. The molecule has 0 bridgehead atoms. The molecular formula is C6H9ClO3. The van der Waals surface area contributed by atoms with E-state index in [4.69, 9.17) is 26.9 Å². The van der Waals surface area contributed by atoms with Crippen LogP contribution in [0, 0.1) is 0 Å². The first-order chi connectivity index (χ1) is 4.63. The van der Waals surface area contributed by atoms with Gasteiger partial charge in [-0.2, -0.15) is 0 Å². The van der Waals surface area contributed by atoms with Gasteiger partial charge >= 0.3 is 0 Å². The van der Waals surface area contributed by atoms with Crippen molar-refractivity contribution in [1.82, 2.24) is 0 Å². The molecule has 0 aliphatic heterocycles. The minimum Gasteiger partial charge on any atom is -0.388 e. The zero-order valence-electron chi connectivity index (χ0n) is 5.18. The van der Waals surface area contributed by atoms with Gasteiger partial charge in [0, 0.05) is 0 Å². The van der Waals surface area contributed by atoms with Crippen LogP contribution in [0.25, 0.3) is 0 Å². The molecule has 0 aromatic rings. The summed E-state index contributed by atoms with van der Waals surface area (Å²) >= 11 is 5.52. The van der Waals surface area contributed by atoms with Gasteiger partial charge in [0.25, 0.3) is 0 Å². The van der Waals surface area contributed by atoms with Crippen molar-refractivity contribution < 1.29 is 15.3 Å². The Kier molecular flexibility index (Phi) is 2.31. The highest BCUT2D eigenvalue weighted by atomic mass is 35.5. The lowest BCUT2D eigenvalue weighted by Gasteiger charge is -2.26. The third kappa shape index (κ3) is 1.32. The summed E-state index contributed by atoms with van der Waals surface area (Å²) in [6.45, 7) is 0. The highest BCUT2D eigenvalue weighted by Crippen LogP contribution is 2.17. The Balaban J connectivity index is 2.69. The molecule has 1 aliphatic rings. The number of aliphatic hydroxyl groups excluding tert-OH is 3. The second-order valence-corrected chi connectivity index (χ2v) is 2.81. The van der Waals surface area contributed by atoms with Crippen LogP contribution in [0.4, 0.5) is 0 Å². The molecule has 0 saturated heterocycles. The number of alkyl halides is 1. The molecule has 4 heteroatoms. The highest BCUT2D eigenvalue weighted by Gasteiger charge is 2.31. The van der Waals surface area contributed by atoms with E-state index in [-0.39, 0.29) is 0 Å². The average molecular weight is 165 g/mol. The second kappa shape index (κ2) is 2.88. The van der Waals surface area contributed by atoms with Crippen LogP contribution in [-0.4, -0.2) is 39.0 Å². The van der Waals surface area contributed by atoms with Crippen LogP contribution < -0.4 is 0 Å². The van der Waals surface area contributed by atoms with E-state index in [1.165, 1.54) is 12.2 Å². The van der Waals surface area contributed by atoms with Gasteiger partial charge in [0.05, 0.1) is 5.38 Å². The molecule has 1 aliphatic carbocycles. The van der Waals surface area contributed by atoms with E-state index in [1.54, 1.807) is 0 Å². The molecule has 0 aromatic carbocycles. The van der Waals surface area contributed by atoms with Gasteiger partial charge in [-0.25, -0.2) is 0 Å². The summed E-state index contributed by atoms with van der Waals surface area (Å²) < 4.78 is 0. The number of halogens is 1. The molecule has 0 radical (unpaired) electrons. The van der Waals surface area contributed by atoms with Crippen molar-refractivity contribution in [2.75, 3.05) is 0 Å². The molecule has 0 fully saturated rings. The van der Waals surface area contributed by atoms with Crippen molar-refractivity contribution in [2.24, 2.45) is 0 Å². The summed E-state index contributed by atoms with van der Waals surface area (Å²) in [4.78, 5) is 0. The van der Waals surface area contributed by atoms with E-state index in [1.807, 2.05) is 0 Å². The molecule has 3 N–H and O–H groups in total. The van der Waals surface area contributed by atoms with Crippen LogP contribution in [0.2, 0.25) is 0 Å². The largest absolute Gasteiger partial charge is 0.388 e. The lowest BCUT2D eigenvalue weighted by molar-refractivity contribution is -0.0437. The summed E-state index contributed by atoms with van der Waals surface area (Å²) in [7, 11) is 0. The minimum absolute atomic E-state index is 0.599. The predicted octanol–water partition coefficient (Wildman–Crippen LogP) is -0.754. The molecule has 3 nitrogen and oxygen atoms in total. The summed E-state index contributed by atoms with van der Waals surface area (Å²) in [5.74, 6) is 0. The Morgan fingerprint density at radius 1 is 1.00 bits per heavy atom. The van der Waals surface area contributed by atoms with Crippen molar-refractivity contribution in [1.29, 1.82) is 0 Å². The van der Waals surface area contributed by atoms with Gasteiger partial charge in [0.2, 0.25) is 0 Å². The quantitative estimate of drug-likeness (QED) is 0.326. The zero-order chi connectivity index (χ0) is 7.72. The Hall–Kier alpha value is -0.0900. The van der Waals surface area contributed by atoms with Crippen molar-refractivity contribution in [2.45, 2.75) is 23.7 Å². The molecule has 58 valence electrons. The van der Waals surface area contributed by atoms with E-state index in [0.29, 0.717) is 0 Å². The molecule has 0 spiro atoms. The third-order valence-corrected chi connectivity index (χ3v) is 1.92. The zero-order valence-corrected chi connectivity index (χ0v) is 5.94. The van der Waals surface area contributed by atoms with Crippen molar-refractivity contribution in [3.05, 3.63) is 12.2 Å². The van der Waals surface area contributed by atoms with Crippen LogP contribution in [0.3, 0.4) is 0 Å². The molecule has 0 aromatic heterocycles. The SMILES string of the molecule is O[C@@H]1[C@H](O)[C@@H](O)C=C[C@H]1Cl. The van der Waals surface area contributed by atoms with E-state index in [9.17, 15) is 0 Å². The fourth-order valence-corrected chi connectivity index (χ4v) is 1.07. The number of hydrogen-bond acceptors (Lipinski definition) is 3. The Morgan fingerprint density at radius 3 is 2.10 bits per heavy atom. The summed E-state index contributed by atoms with van der Waals surface area (Å²) in [6.07, 6.45) is -0.391. The molecule has 0 unspecified atom stereocenters. The van der Waals surface area contributed by atoms with Gasteiger partial charge in [-0.3, -0.25) is 0 Å². The van der Waals surface area contributed by atoms with Crippen molar-refractivity contribution in [3.8, 4) is 0 Å². The first kappa shape index (κ1) is 8.01. The normalized spacial score (nSPS) is 47.6. The molecule has 4 atom stereocenters. The van der Waals surface area contributed by atoms with E-state index >= 15 is 0 Å². The lowest BCUT2D eigenvalue weighted by atomic mass is 9.99. The van der Waals surface area contributed by atoms with E-state index in [2.05, 4.69) is 0 Å². The maximum absolute atomic E-state index is 9.02. The van der Waals surface area contributed by atoms with Crippen LogP contribution in [-0.2, 0) is 0 Å². The maximum Gasteiger partial charge on any atom is 0.111 e. The molecule has 10 heavy (non-hydrogen) atoms. The van der Waals surface area contributed by atoms with Gasteiger partial charge < -0.3 is 15.3 Å². The Bertz CT molecular complexity index is 132. The predicted molar refractivity (Wildman–Crippen MR) is 36.8 cm³/mol. The van der Waals surface area contributed by atoms with Gasteiger partial charge in [-0.05, 0) is 0 Å². The van der Waals surface area contributed by atoms with Crippen LogP contribution in [0.15, 0.2) is 12.2 Å². The second-order valence-electron chi connectivity index (χ2n) is 2.30. The molecule has 0 amide bonds. The number of rotatable bonds is 0. The summed E-state index contributed by atoms with van der Waals surface area (Å²) in [6, 6.07) is 0. The van der Waals surface area contributed by atoms with E-state index < -0.39 is 23.7 Å². The van der Waals surface area contributed by atoms with Gasteiger partial charge in [-0.15, -0.1) is 11.6 Å². The van der Waals surface area contributed by atoms with Crippen LogP contribution >= 0.6 is 11.6 Å². The van der Waals surface area contributed by atoms with Gasteiger partial charge in [0.1, 0.15) is 18.3 Å². The number of hydrogen-bond donors (Lipinski definition) is 3. The Morgan fingerprint density at radius 2 is 1.60 bits per heavy atom. The van der Waals surface area contributed by atoms with Crippen molar-refractivity contribution in [3.63, 3.8) is 0 Å². The standard InChI is InChI=1S/C6H9ClO3/c7-3-1-2-4(8)6(10)5(3)9/h1-6,8-10H/t3-,4+,5+,6-/m1/s1. The molecular weight excluding hydrogens is 156 g/mol. The fraction of sp³-hybridized carbons (Fsp3) is 0.667. The van der Waals surface area contributed by atoms with Gasteiger partial charge in [-0.1, -0.05) is 12.2 Å². The maximum atomic E-state index is 9.02. The third-order valence-electron chi connectivity index (χ3n) is 1.52. The number of aliphatic hydroxyl groups is 3. The molecule has 0 heterocycles. The first-order valence-corrected chi connectivity index (χ1v) is 3.43. The molecule has 0 saturated carbocycles. The summed E-state index contributed by atoms with van der Waals surface area (Å²) in [5.41, 5.74) is 0. The topological polar surface area (TPSA) is 60.7 Å². The minimum atomic E-state index is -1.16. The monoisotopic (exact) mass is 164 g/mol. The van der Waals surface area contributed by atoms with Crippen LogP contribution in [0.5, 0.6) is 0 Å². The smallest absolute Gasteiger partial charge is 0.111 e. The summed E-state index contributed by atoms with van der Waals surface area (Å²) in [5, 5.41) is 26.3. The highest BCUT2D eigenvalue weighted by molar-refractivity contribution is 6.22. The Labute approximate surface area is 63.6 Å². The van der Waals surface area contributed by atoms with E-state index in [0.717, 1.165) is 0 Å². The first-order valence-electron chi connectivity index (χ1n) is 2.99. The lowest BCUT2D eigenvalue weighted by Crippen LogP contribution is -2.44. The van der Waals surface area contributed by atoms with Gasteiger partial charge in [0.15, 0.2) is 0 Å². The van der Waals surface area contributed by atoms with Crippen molar-refractivity contribution >= 4 is 11.6 Å². The average Bonchev–Trinajstić information content (AvgIpc) is 1.93.